The smallest absolute Gasteiger partial charge is 0.243 e. The van der Waals surface area contributed by atoms with Crippen LogP contribution >= 0.6 is 0 Å². The fourth-order valence-corrected chi connectivity index (χ4v) is 6.23. The SMILES string of the molecule is COc1ccc(S(=O)(=O)N2CCN(c3c(C)cc(C)cc3C)CC2)c2ccccc12. The van der Waals surface area contributed by atoms with Gasteiger partial charge in [0.1, 0.15) is 5.75 Å². The first kappa shape index (κ1) is 20.7. The van der Waals surface area contributed by atoms with E-state index in [9.17, 15) is 8.42 Å². The fourth-order valence-electron chi connectivity index (χ4n) is 4.61. The molecule has 0 amide bonds. The van der Waals surface area contributed by atoms with E-state index in [-0.39, 0.29) is 0 Å². The Morgan fingerprint density at radius 3 is 2.03 bits per heavy atom. The van der Waals surface area contributed by atoms with Crippen molar-refractivity contribution in [1.29, 1.82) is 0 Å². The van der Waals surface area contributed by atoms with Crippen LogP contribution in [0.3, 0.4) is 0 Å². The van der Waals surface area contributed by atoms with Crippen molar-refractivity contribution in [3.63, 3.8) is 0 Å². The summed E-state index contributed by atoms with van der Waals surface area (Å²) in [5.74, 6) is 0.680. The summed E-state index contributed by atoms with van der Waals surface area (Å²) in [6.07, 6.45) is 0. The summed E-state index contributed by atoms with van der Waals surface area (Å²) >= 11 is 0. The first-order valence-corrected chi connectivity index (χ1v) is 11.7. The van der Waals surface area contributed by atoms with E-state index in [1.807, 2.05) is 24.3 Å². The topological polar surface area (TPSA) is 49.9 Å². The minimum absolute atomic E-state index is 0.343. The molecule has 1 saturated heterocycles. The molecular weight excluding hydrogens is 396 g/mol. The van der Waals surface area contributed by atoms with E-state index >= 15 is 0 Å². The molecule has 1 fully saturated rings. The van der Waals surface area contributed by atoms with Crippen LogP contribution < -0.4 is 9.64 Å². The Bertz CT molecular complexity index is 1170. The van der Waals surface area contributed by atoms with Crippen LogP contribution in [0.1, 0.15) is 16.7 Å². The number of nitrogens with zero attached hydrogens (tertiary/aromatic N) is 2. The van der Waals surface area contributed by atoms with E-state index in [4.69, 9.17) is 4.74 Å². The standard InChI is InChI=1S/C24H28N2O3S/c1-17-15-18(2)24(19(3)16-17)25-11-13-26(14-12-25)30(27,28)23-10-9-22(29-4)20-7-5-6-8-21(20)23/h5-10,15-16H,11-14H2,1-4H3. The van der Waals surface area contributed by atoms with Gasteiger partial charge in [0, 0.05) is 42.6 Å². The first-order valence-electron chi connectivity index (χ1n) is 10.2. The van der Waals surface area contributed by atoms with Crippen molar-refractivity contribution in [1.82, 2.24) is 4.31 Å². The molecule has 0 spiro atoms. The van der Waals surface area contributed by atoms with Crippen molar-refractivity contribution < 1.29 is 13.2 Å². The zero-order valence-corrected chi connectivity index (χ0v) is 18.8. The van der Waals surface area contributed by atoms with Crippen LogP contribution in [0.25, 0.3) is 10.8 Å². The lowest BCUT2D eigenvalue weighted by atomic mass is 10.0. The van der Waals surface area contributed by atoms with Crippen molar-refractivity contribution in [2.45, 2.75) is 25.7 Å². The van der Waals surface area contributed by atoms with Crippen LogP contribution in [0.15, 0.2) is 53.4 Å². The average Bonchev–Trinajstić information content (AvgIpc) is 2.72. The molecule has 0 unspecified atom stereocenters. The van der Waals surface area contributed by atoms with Crippen molar-refractivity contribution in [3.05, 3.63) is 65.2 Å². The second-order valence-corrected chi connectivity index (χ2v) is 9.86. The number of rotatable bonds is 4. The molecule has 1 aliphatic rings. The number of fused-ring (bicyclic) bond motifs is 1. The lowest BCUT2D eigenvalue weighted by Crippen LogP contribution is -2.49. The van der Waals surface area contributed by atoms with E-state index in [0.717, 1.165) is 5.39 Å². The van der Waals surface area contributed by atoms with Gasteiger partial charge in [-0.05, 0) is 44.0 Å². The highest BCUT2D eigenvalue weighted by Gasteiger charge is 2.31. The Morgan fingerprint density at radius 1 is 0.833 bits per heavy atom. The van der Waals surface area contributed by atoms with Gasteiger partial charge in [0.05, 0.1) is 12.0 Å². The Labute approximate surface area is 178 Å². The maximum atomic E-state index is 13.5. The van der Waals surface area contributed by atoms with Crippen molar-refractivity contribution in [2.24, 2.45) is 0 Å². The van der Waals surface area contributed by atoms with Gasteiger partial charge >= 0.3 is 0 Å². The normalized spacial score (nSPS) is 15.5. The summed E-state index contributed by atoms with van der Waals surface area (Å²) in [6.45, 7) is 8.65. The number of benzene rings is 3. The van der Waals surface area contributed by atoms with Gasteiger partial charge in [0.2, 0.25) is 10.0 Å². The monoisotopic (exact) mass is 424 g/mol. The third-order valence-electron chi connectivity index (χ3n) is 5.87. The number of hydrogen-bond acceptors (Lipinski definition) is 4. The number of hydrogen-bond donors (Lipinski definition) is 0. The molecule has 6 heteroatoms. The lowest BCUT2D eigenvalue weighted by molar-refractivity contribution is 0.385. The molecule has 0 bridgehead atoms. The van der Waals surface area contributed by atoms with Crippen LogP contribution in [0.5, 0.6) is 5.75 Å². The minimum atomic E-state index is -3.60. The summed E-state index contributed by atoms with van der Waals surface area (Å²) in [6, 6.07) is 15.3. The number of aryl methyl sites for hydroxylation is 3. The molecule has 0 aliphatic carbocycles. The van der Waals surface area contributed by atoms with Gasteiger partial charge in [-0.25, -0.2) is 8.42 Å². The predicted molar refractivity (Wildman–Crippen MR) is 122 cm³/mol. The van der Waals surface area contributed by atoms with Crippen molar-refractivity contribution in [2.75, 3.05) is 38.2 Å². The van der Waals surface area contributed by atoms with Gasteiger partial charge < -0.3 is 9.64 Å². The second-order valence-electron chi connectivity index (χ2n) is 7.95. The predicted octanol–water partition coefficient (Wildman–Crippen LogP) is 4.28. The van der Waals surface area contributed by atoms with Gasteiger partial charge in [0.15, 0.2) is 0 Å². The zero-order valence-electron chi connectivity index (χ0n) is 18.0. The van der Waals surface area contributed by atoms with E-state index in [2.05, 4.69) is 37.8 Å². The lowest BCUT2D eigenvalue weighted by Gasteiger charge is -2.37. The van der Waals surface area contributed by atoms with Gasteiger partial charge in [-0.2, -0.15) is 4.31 Å². The van der Waals surface area contributed by atoms with Crippen LogP contribution in [0.2, 0.25) is 0 Å². The molecule has 5 nitrogen and oxygen atoms in total. The molecule has 3 aromatic carbocycles. The number of anilines is 1. The number of ether oxygens (including phenoxy) is 1. The van der Waals surface area contributed by atoms with E-state index in [0.29, 0.717) is 42.2 Å². The Hall–Kier alpha value is -2.57. The van der Waals surface area contributed by atoms with Crippen molar-refractivity contribution >= 4 is 26.5 Å². The second kappa shape index (κ2) is 7.93. The highest BCUT2D eigenvalue weighted by Crippen LogP contribution is 2.33. The summed E-state index contributed by atoms with van der Waals surface area (Å²) in [5.41, 5.74) is 4.96. The van der Waals surface area contributed by atoms with Gasteiger partial charge in [0.25, 0.3) is 0 Å². The minimum Gasteiger partial charge on any atom is -0.496 e. The van der Waals surface area contributed by atoms with Crippen LogP contribution in [-0.4, -0.2) is 46.0 Å². The van der Waals surface area contributed by atoms with Crippen LogP contribution in [-0.2, 0) is 10.0 Å². The molecule has 1 heterocycles. The van der Waals surface area contributed by atoms with Gasteiger partial charge in [-0.3, -0.25) is 0 Å². The Kier molecular flexibility index (Phi) is 5.47. The molecule has 1 aliphatic heterocycles. The average molecular weight is 425 g/mol. The maximum Gasteiger partial charge on any atom is 0.243 e. The summed E-state index contributed by atoms with van der Waals surface area (Å²) in [5, 5.41) is 1.51. The van der Waals surface area contributed by atoms with E-state index < -0.39 is 10.0 Å². The first-order chi connectivity index (χ1) is 14.3. The zero-order chi connectivity index (χ0) is 21.5. The number of piperazine rings is 1. The van der Waals surface area contributed by atoms with Crippen LogP contribution in [0, 0.1) is 20.8 Å². The molecule has 0 N–H and O–H groups in total. The van der Waals surface area contributed by atoms with Gasteiger partial charge in [-0.1, -0.05) is 42.0 Å². The molecule has 0 saturated carbocycles. The third-order valence-corrected chi connectivity index (χ3v) is 7.83. The third kappa shape index (κ3) is 3.55. The molecule has 0 aromatic heterocycles. The summed E-state index contributed by atoms with van der Waals surface area (Å²) in [7, 11) is -1.99. The van der Waals surface area contributed by atoms with Crippen molar-refractivity contribution in [3.8, 4) is 5.75 Å². The number of methoxy groups -OCH3 is 1. The largest absolute Gasteiger partial charge is 0.496 e. The highest BCUT2D eigenvalue weighted by atomic mass is 32.2. The molecule has 0 atom stereocenters. The molecule has 4 rings (SSSR count). The van der Waals surface area contributed by atoms with Crippen LogP contribution in [0.4, 0.5) is 5.69 Å². The molecular formula is C24H28N2O3S. The Morgan fingerprint density at radius 2 is 1.43 bits per heavy atom. The maximum absolute atomic E-state index is 13.5. The molecule has 0 radical (unpaired) electrons. The summed E-state index contributed by atoms with van der Waals surface area (Å²) in [4.78, 5) is 2.65. The molecule has 158 valence electrons. The van der Waals surface area contributed by atoms with E-state index in [1.165, 1.54) is 22.4 Å². The number of sulfonamides is 1. The quantitative estimate of drug-likeness (QED) is 0.627. The molecule has 30 heavy (non-hydrogen) atoms. The van der Waals surface area contributed by atoms with E-state index in [1.54, 1.807) is 23.5 Å². The highest BCUT2D eigenvalue weighted by molar-refractivity contribution is 7.89. The van der Waals surface area contributed by atoms with Gasteiger partial charge in [-0.15, -0.1) is 0 Å². The molecule has 3 aromatic rings. The fraction of sp³-hybridized carbons (Fsp3) is 0.333. The Balaban J connectivity index is 1.62. The summed E-state index contributed by atoms with van der Waals surface area (Å²) < 4.78 is 34.0.